The number of hydrogen-bond acceptors (Lipinski definition) is 2. The Morgan fingerprint density at radius 3 is 2.54 bits per heavy atom. The first-order valence-corrected chi connectivity index (χ1v) is 4.67. The van der Waals surface area contributed by atoms with Gasteiger partial charge in [0.05, 0.1) is 5.03 Å². The van der Waals surface area contributed by atoms with Crippen LogP contribution in [0.15, 0.2) is 21.7 Å². The monoisotopic (exact) mass is 220 g/mol. The fourth-order valence-electron chi connectivity index (χ4n) is 0.966. The maximum atomic E-state index is 10.9. The van der Waals surface area contributed by atoms with Gasteiger partial charge in [-0.2, -0.15) is 0 Å². The highest BCUT2D eigenvalue weighted by Gasteiger charge is 2.30. The van der Waals surface area contributed by atoms with E-state index in [1.807, 2.05) is 19.9 Å². The van der Waals surface area contributed by atoms with Crippen molar-refractivity contribution in [2.24, 2.45) is 0 Å². The summed E-state index contributed by atoms with van der Waals surface area (Å²) in [5, 5.41) is 0.318. The SMILES string of the molecule is CC(C)=CCC1OC(=O)C(Cl)=C1Cl. The Hall–Kier alpha value is -0.470. The van der Waals surface area contributed by atoms with E-state index in [0.717, 1.165) is 5.57 Å². The molecule has 72 valence electrons. The van der Waals surface area contributed by atoms with Gasteiger partial charge in [-0.05, 0) is 13.8 Å². The van der Waals surface area contributed by atoms with Crippen LogP contribution in [0.1, 0.15) is 20.3 Å². The lowest BCUT2D eigenvalue weighted by Crippen LogP contribution is -2.08. The van der Waals surface area contributed by atoms with Crippen LogP contribution < -0.4 is 0 Å². The van der Waals surface area contributed by atoms with E-state index in [-0.39, 0.29) is 5.03 Å². The number of ether oxygens (including phenoxy) is 1. The summed E-state index contributed by atoms with van der Waals surface area (Å²) in [5.41, 5.74) is 1.16. The molecule has 2 nitrogen and oxygen atoms in total. The second-order valence-corrected chi connectivity index (χ2v) is 3.86. The number of halogens is 2. The van der Waals surface area contributed by atoms with Crippen LogP contribution in [0.3, 0.4) is 0 Å². The minimum atomic E-state index is -0.529. The van der Waals surface area contributed by atoms with Gasteiger partial charge in [0, 0.05) is 6.42 Å². The number of carbonyl (C=O) groups is 1. The fraction of sp³-hybridized carbons (Fsp3) is 0.444. The molecule has 0 aliphatic carbocycles. The molecule has 0 radical (unpaired) electrons. The van der Waals surface area contributed by atoms with Gasteiger partial charge >= 0.3 is 5.97 Å². The highest BCUT2D eigenvalue weighted by atomic mass is 35.5. The number of hydrogen-bond donors (Lipinski definition) is 0. The van der Waals surface area contributed by atoms with Gasteiger partial charge in [-0.3, -0.25) is 0 Å². The summed E-state index contributed by atoms with van der Waals surface area (Å²) in [4.78, 5) is 10.9. The average molecular weight is 221 g/mol. The smallest absolute Gasteiger partial charge is 0.351 e. The molecule has 0 bridgehead atoms. The normalized spacial score (nSPS) is 21.8. The maximum Gasteiger partial charge on any atom is 0.351 e. The summed E-state index contributed by atoms with van der Waals surface area (Å²) in [6.07, 6.45) is 2.15. The number of carbonyl (C=O) groups excluding carboxylic acids is 1. The molecule has 0 saturated carbocycles. The predicted octanol–water partition coefficient (Wildman–Crippen LogP) is 2.96. The molecule has 1 unspecified atom stereocenters. The van der Waals surface area contributed by atoms with Crippen molar-refractivity contribution in [1.29, 1.82) is 0 Å². The molecule has 0 aromatic rings. The zero-order valence-corrected chi connectivity index (χ0v) is 8.95. The highest BCUT2D eigenvalue weighted by Crippen LogP contribution is 2.30. The molecule has 0 N–H and O–H groups in total. The molecular formula is C9H10Cl2O2. The minimum absolute atomic E-state index is 0.00817. The lowest BCUT2D eigenvalue weighted by molar-refractivity contribution is -0.138. The number of esters is 1. The van der Waals surface area contributed by atoms with E-state index in [4.69, 9.17) is 27.9 Å². The first kappa shape index (κ1) is 10.6. The van der Waals surface area contributed by atoms with E-state index in [0.29, 0.717) is 11.5 Å². The third kappa shape index (κ3) is 2.48. The molecule has 1 aliphatic heterocycles. The standard InChI is InChI=1S/C9H10Cl2O2/c1-5(2)3-4-6-7(10)8(11)9(12)13-6/h3,6H,4H2,1-2H3. The third-order valence-electron chi connectivity index (χ3n) is 1.66. The summed E-state index contributed by atoms with van der Waals surface area (Å²) in [5.74, 6) is -0.529. The van der Waals surface area contributed by atoms with E-state index < -0.39 is 12.1 Å². The Bertz CT molecular complexity index is 288. The maximum absolute atomic E-state index is 10.9. The van der Waals surface area contributed by atoms with Crippen LogP contribution in [0.5, 0.6) is 0 Å². The van der Waals surface area contributed by atoms with Crippen molar-refractivity contribution in [2.45, 2.75) is 26.4 Å². The molecule has 1 aliphatic rings. The van der Waals surface area contributed by atoms with Crippen LogP contribution in [0.2, 0.25) is 0 Å². The number of cyclic esters (lactones) is 1. The van der Waals surface area contributed by atoms with E-state index in [9.17, 15) is 4.79 Å². The first-order valence-electron chi connectivity index (χ1n) is 3.92. The van der Waals surface area contributed by atoms with Crippen molar-refractivity contribution in [3.05, 3.63) is 21.7 Å². The second kappa shape index (κ2) is 4.16. The van der Waals surface area contributed by atoms with Crippen LogP contribution in [-0.4, -0.2) is 12.1 Å². The molecule has 1 rings (SSSR count). The van der Waals surface area contributed by atoms with Gasteiger partial charge in [0.2, 0.25) is 0 Å². The van der Waals surface area contributed by atoms with Gasteiger partial charge in [0.25, 0.3) is 0 Å². The summed E-state index contributed by atoms with van der Waals surface area (Å²) in [7, 11) is 0. The topological polar surface area (TPSA) is 26.3 Å². The van der Waals surface area contributed by atoms with Gasteiger partial charge in [-0.15, -0.1) is 0 Å². The molecule has 0 amide bonds. The van der Waals surface area contributed by atoms with Crippen LogP contribution in [0.25, 0.3) is 0 Å². The molecule has 0 fully saturated rings. The van der Waals surface area contributed by atoms with Crippen molar-refractivity contribution in [3.63, 3.8) is 0 Å². The van der Waals surface area contributed by atoms with E-state index in [1.165, 1.54) is 0 Å². The lowest BCUT2D eigenvalue weighted by atomic mass is 10.2. The molecule has 13 heavy (non-hydrogen) atoms. The molecule has 0 aromatic carbocycles. The fourth-order valence-corrected chi connectivity index (χ4v) is 1.34. The lowest BCUT2D eigenvalue weighted by Gasteiger charge is -2.06. The van der Waals surface area contributed by atoms with Crippen molar-refractivity contribution in [3.8, 4) is 0 Å². The van der Waals surface area contributed by atoms with Gasteiger partial charge in [0.15, 0.2) is 0 Å². The summed E-state index contributed by atoms with van der Waals surface area (Å²) in [6, 6.07) is 0. The van der Waals surface area contributed by atoms with Crippen LogP contribution >= 0.6 is 23.2 Å². The molecule has 1 heterocycles. The molecule has 0 saturated heterocycles. The Morgan fingerprint density at radius 2 is 2.15 bits per heavy atom. The zero-order chi connectivity index (χ0) is 10.0. The van der Waals surface area contributed by atoms with E-state index in [2.05, 4.69) is 0 Å². The zero-order valence-electron chi connectivity index (χ0n) is 7.43. The Labute approximate surface area is 87.2 Å². The average Bonchev–Trinajstić information content (AvgIpc) is 2.29. The van der Waals surface area contributed by atoms with Crippen LogP contribution in [-0.2, 0) is 9.53 Å². The highest BCUT2D eigenvalue weighted by molar-refractivity contribution is 6.48. The van der Waals surface area contributed by atoms with Crippen LogP contribution in [0.4, 0.5) is 0 Å². The molecule has 1 atom stereocenters. The van der Waals surface area contributed by atoms with Crippen molar-refractivity contribution in [2.75, 3.05) is 0 Å². The Kier molecular flexibility index (Phi) is 3.40. The summed E-state index contributed by atoms with van der Waals surface area (Å²) < 4.78 is 4.91. The predicted molar refractivity (Wildman–Crippen MR) is 52.7 cm³/mol. The van der Waals surface area contributed by atoms with E-state index >= 15 is 0 Å². The van der Waals surface area contributed by atoms with Gasteiger partial charge in [0.1, 0.15) is 11.1 Å². The van der Waals surface area contributed by atoms with Crippen molar-refractivity contribution >= 4 is 29.2 Å². The van der Waals surface area contributed by atoms with Crippen LogP contribution in [0, 0.1) is 0 Å². The van der Waals surface area contributed by atoms with Gasteiger partial charge < -0.3 is 4.74 Å². The second-order valence-electron chi connectivity index (χ2n) is 3.07. The van der Waals surface area contributed by atoms with Crippen molar-refractivity contribution < 1.29 is 9.53 Å². The molecule has 0 spiro atoms. The largest absolute Gasteiger partial charge is 0.452 e. The summed E-state index contributed by atoms with van der Waals surface area (Å²) in [6.45, 7) is 3.94. The third-order valence-corrected chi connectivity index (χ3v) is 2.55. The Balaban J connectivity index is 2.66. The minimum Gasteiger partial charge on any atom is -0.452 e. The molecule has 0 aromatic heterocycles. The Morgan fingerprint density at radius 1 is 1.54 bits per heavy atom. The molecular weight excluding hydrogens is 211 g/mol. The van der Waals surface area contributed by atoms with E-state index in [1.54, 1.807) is 0 Å². The number of allylic oxidation sites excluding steroid dienone is 1. The first-order chi connectivity index (χ1) is 6.02. The number of rotatable bonds is 2. The van der Waals surface area contributed by atoms with Gasteiger partial charge in [-0.25, -0.2) is 4.79 Å². The molecule has 4 heteroatoms. The quantitative estimate of drug-likeness (QED) is 0.529. The summed E-state index contributed by atoms with van der Waals surface area (Å²) >= 11 is 11.4. The van der Waals surface area contributed by atoms with Gasteiger partial charge in [-0.1, -0.05) is 34.9 Å². The van der Waals surface area contributed by atoms with Crippen molar-refractivity contribution in [1.82, 2.24) is 0 Å².